The molecule has 167 valence electrons. The van der Waals surface area contributed by atoms with Gasteiger partial charge in [0.05, 0.1) is 24.5 Å². The second kappa shape index (κ2) is 15.1. The Hall–Kier alpha value is -1.76. The van der Waals surface area contributed by atoms with Gasteiger partial charge in [0.2, 0.25) is 5.91 Å². The Balaban J connectivity index is 0. The summed E-state index contributed by atoms with van der Waals surface area (Å²) in [5.74, 6) is -4.73. The number of carboxylic acids is 3. The van der Waals surface area contributed by atoms with E-state index in [1.54, 1.807) is 0 Å². The molecule has 0 aromatic rings. The van der Waals surface area contributed by atoms with E-state index < -0.39 is 55.5 Å². The summed E-state index contributed by atoms with van der Waals surface area (Å²) in [6.07, 6.45) is 2.40. The summed E-state index contributed by atoms with van der Waals surface area (Å²) in [4.78, 5) is 47.8. The Bertz CT molecular complexity index is 535. The summed E-state index contributed by atoms with van der Waals surface area (Å²) in [5.41, 5.74) is 5.32. The Kier molecular flexibility index (Phi) is 15.4. The van der Waals surface area contributed by atoms with Gasteiger partial charge in [0, 0.05) is 44.8 Å². The zero-order valence-corrected chi connectivity index (χ0v) is 17.0. The van der Waals surface area contributed by atoms with Gasteiger partial charge in [-0.2, -0.15) is 0 Å². The third-order valence-electron chi connectivity index (χ3n) is 4.44. The third kappa shape index (κ3) is 11.1. The van der Waals surface area contributed by atoms with Crippen LogP contribution < -0.4 is 26.4 Å². The molecule has 0 aromatic heterocycles. The Labute approximate surface area is 179 Å². The van der Waals surface area contributed by atoms with Gasteiger partial charge < -0.3 is 46.2 Å². The van der Waals surface area contributed by atoms with Gasteiger partial charge in [-0.3, -0.25) is 14.6 Å². The molecule has 0 aromatic carbocycles. The zero-order chi connectivity index (χ0) is 20.4. The quantitative estimate of drug-likeness (QED) is 0.263. The van der Waals surface area contributed by atoms with Crippen LogP contribution in [0.4, 0.5) is 0 Å². The first-order chi connectivity index (χ1) is 12.7. The standard InChI is InChI=1S/C16H28N4O7.Fe.H2O/c17-5-6-18-13(21)7-19(8-14(22)23)11-3-1-2-4-12(11)20(9-15(24)25)10-16(26)27;;/h11-12H,1-10,17H2,(H,18,21)(H,22,23)(H,24,25)(H,26,27);;1H2/q;+3;/p-3/t11-,12-;;/m1../s1. The molecule has 0 saturated heterocycles. The van der Waals surface area contributed by atoms with Crippen LogP contribution in [0, 0.1) is 0 Å². The van der Waals surface area contributed by atoms with Crippen LogP contribution in [0.1, 0.15) is 25.7 Å². The molecule has 1 fully saturated rings. The molecule has 13 heteroatoms. The zero-order valence-electron chi connectivity index (χ0n) is 15.9. The SMILES string of the molecule is NCCNC(=O)CN(CC(=O)[O-])[C@@H]1CCCC[C@H]1N(CC(=O)[O-])CC(=O)[O-].O.[Fe+3]. The number of nitrogens with two attached hydrogens (primary N) is 1. The fourth-order valence-electron chi connectivity index (χ4n) is 3.47. The predicted octanol–water partition coefficient (Wildman–Crippen LogP) is -6.60. The molecule has 1 radical (unpaired) electrons. The summed E-state index contributed by atoms with van der Waals surface area (Å²) in [5, 5.41) is 35.7. The summed E-state index contributed by atoms with van der Waals surface area (Å²) >= 11 is 0. The molecule has 5 N–H and O–H groups in total. The molecule has 0 heterocycles. The predicted molar refractivity (Wildman–Crippen MR) is 89.9 cm³/mol. The average Bonchev–Trinajstić information content (AvgIpc) is 2.57. The summed E-state index contributed by atoms with van der Waals surface area (Å²) in [6, 6.07) is -1.10. The first kappa shape index (κ1) is 29.4. The van der Waals surface area contributed by atoms with Gasteiger partial charge in [0.15, 0.2) is 0 Å². The number of rotatable bonds is 12. The van der Waals surface area contributed by atoms with Crippen LogP contribution in [0.3, 0.4) is 0 Å². The molecule has 12 nitrogen and oxygen atoms in total. The molecule has 0 aliphatic heterocycles. The van der Waals surface area contributed by atoms with Crippen LogP contribution in [-0.2, 0) is 36.2 Å². The fourth-order valence-corrected chi connectivity index (χ4v) is 3.47. The van der Waals surface area contributed by atoms with Gasteiger partial charge in [-0.15, -0.1) is 0 Å². The number of aliphatic carboxylic acids is 3. The first-order valence-electron chi connectivity index (χ1n) is 8.79. The van der Waals surface area contributed by atoms with E-state index in [9.17, 15) is 34.5 Å². The summed E-state index contributed by atoms with van der Waals surface area (Å²) in [7, 11) is 0. The van der Waals surface area contributed by atoms with Crippen molar-refractivity contribution in [3.63, 3.8) is 0 Å². The minimum absolute atomic E-state index is 0. The first-order valence-corrected chi connectivity index (χ1v) is 8.79. The van der Waals surface area contributed by atoms with E-state index >= 15 is 0 Å². The second-order valence-electron chi connectivity index (χ2n) is 6.48. The van der Waals surface area contributed by atoms with Gasteiger partial charge in [-0.25, -0.2) is 0 Å². The number of nitrogens with one attached hydrogen (secondary N) is 1. The Morgan fingerprint density at radius 1 is 0.828 bits per heavy atom. The molecule has 0 unspecified atom stereocenters. The molecule has 2 atom stereocenters. The average molecular weight is 459 g/mol. The third-order valence-corrected chi connectivity index (χ3v) is 4.44. The summed E-state index contributed by atoms with van der Waals surface area (Å²) in [6.45, 7) is -1.60. The molecule has 0 bridgehead atoms. The maximum atomic E-state index is 12.0. The smallest absolute Gasteiger partial charge is 0.549 e. The number of amides is 1. The number of hydrogen-bond acceptors (Lipinski definition) is 10. The van der Waals surface area contributed by atoms with E-state index in [1.165, 1.54) is 9.80 Å². The van der Waals surface area contributed by atoms with Crippen molar-refractivity contribution in [3.05, 3.63) is 0 Å². The van der Waals surface area contributed by atoms with Crippen LogP contribution in [0.15, 0.2) is 0 Å². The van der Waals surface area contributed by atoms with Gasteiger partial charge in [0.1, 0.15) is 0 Å². The Morgan fingerprint density at radius 2 is 1.21 bits per heavy atom. The molecule has 1 rings (SSSR count). The molecule has 0 spiro atoms. The van der Waals surface area contributed by atoms with E-state index in [-0.39, 0.29) is 42.2 Å². The van der Waals surface area contributed by atoms with Crippen molar-refractivity contribution < 1.29 is 57.0 Å². The van der Waals surface area contributed by atoms with Crippen molar-refractivity contribution in [2.45, 2.75) is 37.8 Å². The topological polar surface area (TPSA) is 213 Å². The van der Waals surface area contributed by atoms with Crippen molar-refractivity contribution >= 4 is 23.8 Å². The van der Waals surface area contributed by atoms with Gasteiger partial charge in [-0.05, 0) is 12.8 Å². The number of carbonyl (C=O) groups is 4. The van der Waals surface area contributed by atoms with Gasteiger partial charge >= 0.3 is 17.1 Å². The van der Waals surface area contributed by atoms with E-state index in [2.05, 4.69) is 5.32 Å². The van der Waals surface area contributed by atoms with Gasteiger partial charge in [0.25, 0.3) is 0 Å². The van der Waals surface area contributed by atoms with E-state index in [0.717, 1.165) is 12.8 Å². The molecular weight excluding hydrogens is 432 g/mol. The molecule has 1 amide bonds. The normalized spacial score (nSPS) is 18.4. The second-order valence-corrected chi connectivity index (χ2v) is 6.48. The van der Waals surface area contributed by atoms with Crippen molar-refractivity contribution in [3.8, 4) is 0 Å². The van der Waals surface area contributed by atoms with E-state index in [1.807, 2.05) is 0 Å². The van der Waals surface area contributed by atoms with Crippen LogP contribution in [-0.4, -0.2) is 90.4 Å². The number of carboxylic acid groups (broad SMARTS) is 3. The number of hydrogen-bond donors (Lipinski definition) is 2. The maximum Gasteiger partial charge on any atom is 3.00 e. The molecule has 29 heavy (non-hydrogen) atoms. The van der Waals surface area contributed by atoms with E-state index in [0.29, 0.717) is 12.8 Å². The number of nitrogens with zero attached hydrogens (tertiary/aromatic N) is 2. The molecular formula is C16H27FeN4O8. The minimum Gasteiger partial charge on any atom is -0.549 e. The van der Waals surface area contributed by atoms with Gasteiger partial charge in [-0.1, -0.05) is 12.8 Å². The molecule has 1 aliphatic carbocycles. The monoisotopic (exact) mass is 459 g/mol. The van der Waals surface area contributed by atoms with Crippen LogP contribution in [0.2, 0.25) is 0 Å². The van der Waals surface area contributed by atoms with Crippen LogP contribution in [0.5, 0.6) is 0 Å². The van der Waals surface area contributed by atoms with E-state index in [4.69, 9.17) is 5.73 Å². The van der Waals surface area contributed by atoms with Crippen molar-refractivity contribution in [1.82, 2.24) is 15.1 Å². The van der Waals surface area contributed by atoms with Crippen LogP contribution in [0.25, 0.3) is 0 Å². The van der Waals surface area contributed by atoms with Crippen molar-refractivity contribution in [1.29, 1.82) is 0 Å². The van der Waals surface area contributed by atoms with Crippen molar-refractivity contribution in [2.75, 3.05) is 39.3 Å². The number of carbonyl (C=O) groups excluding carboxylic acids is 4. The Morgan fingerprint density at radius 3 is 1.55 bits per heavy atom. The summed E-state index contributed by atoms with van der Waals surface area (Å²) < 4.78 is 0. The molecule has 1 saturated carbocycles. The maximum absolute atomic E-state index is 12.0. The molecule has 1 aliphatic rings. The van der Waals surface area contributed by atoms with Crippen LogP contribution >= 0.6 is 0 Å². The van der Waals surface area contributed by atoms with Crippen molar-refractivity contribution in [2.24, 2.45) is 5.73 Å². The fraction of sp³-hybridized carbons (Fsp3) is 0.750. The largest absolute Gasteiger partial charge is 3.00 e. The minimum atomic E-state index is -1.45.